The van der Waals surface area contributed by atoms with Crippen LogP contribution in [0.3, 0.4) is 0 Å². The van der Waals surface area contributed by atoms with Gasteiger partial charge in [0.1, 0.15) is 0 Å². The minimum Gasteiger partial charge on any atom is -0.463 e. The number of aliphatic hydroxyl groups is 1. The number of hydrogen-bond donors (Lipinski definition) is 1. The van der Waals surface area contributed by atoms with Crippen LogP contribution in [-0.4, -0.2) is 35.4 Å². The van der Waals surface area contributed by atoms with Crippen LogP contribution in [0.25, 0.3) is 0 Å². The van der Waals surface area contributed by atoms with Gasteiger partial charge in [0.2, 0.25) is 6.10 Å². The third-order valence-corrected chi connectivity index (χ3v) is 5.60. The van der Waals surface area contributed by atoms with Gasteiger partial charge < -0.3 is 14.6 Å². The molecule has 20 heavy (non-hydrogen) atoms. The first kappa shape index (κ1) is 12.6. The van der Waals surface area contributed by atoms with Crippen molar-refractivity contribution >= 4 is 11.9 Å². The fourth-order valence-corrected chi connectivity index (χ4v) is 5.29. The van der Waals surface area contributed by atoms with Crippen molar-refractivity contribution in [3.63, 3.8) is 0 Å². The third-order valence-electron chi connectivity index (χ3n) is 5.60. The molecule has 2 unspecified atom stereocenters. The molecule has 0 aromatic rings. The Morgan fingerprint density at radius 2 is 1.95 bits per heavy atom. The largest absolute Gasteiger partial charge is 0.463 e. The van der Waals surface area contributed by atoms with E-state index in [4.69, 9.17) is 9.47 Å². The summed E-state index contributed by atoms with van der Waals surface area (Å²) in [7, 11) is 0. The highest BCUT2D eigenvalue weighted by atomic mass is 16.6. The van der Waals surface area contributed by atoms with E-state index >= 15 is 0 Å². The van der Waals surface area contributed by atoms with Gasteiger partial charge >= 0.3 is 11.9 Å². The SMILES string of the molecule is O=C1OCC[C@@H]1OC(=O)C12C[C@@H]3C[C@@H](CC(O)(C3)C1)C2. The Hall–Kier alpha value is -1.10. The lowest BCUT2D eigenvalue weighted by Gasteiger charge is -2.58. The summed E-state index contributed by atoms with van der Waals surface area (Å²) in [5.41, 5.74) is -1.24. The number of carbonyl (C=O) groups excluding carboxylic acids is 2. The van der Waals surface area contributed by atoms with Crippen LogP contribution in [-0.2, 0) is 19.1 Å². The Kier molecular flexibility index (Phi) is 2.50. The van der Waals surface area contributed by atoms with Crippen LogP contribution in [0.5, 0.6) is 0 Å². The Labute approximate surface area is 117 Å². The van der Waals surface area contributed by atoms with Crippen molar-refractivity contribution in [3.05, 3.63) is 0 Å². The van der Waals surface area contributed by atoms with Crippen molar-refractivity contribution in [3.8, 4) is 0 Å². The zero-order chi connectivity index (χ0) is 14.0. The molecular formula is C15H20O5. The fourth-order valence-electron chi connectivity index (χ4n) is 5.29. The van der Waals surface area contributed by atoms with Crippen molar-refractivity contribution in [2.24, 2.45) is 17.3 Å². The van der Waals surface area contributed by atoms with Crippen molar-refractivity contribution in [2.45, 2.75) is 56.7 Å². The van der Waals surface area contributed by atoms with Crippen LogP contribution in [0.1, 0.15) is 44.9 Å². The molecular weight excluding hydrogens is 260 g/mol. The maximum Gasteiger partial charge on any atom is 0.347 e. The lowest BCUT2D eigenvalue weighted by atomic mass is 9.48. The number of carbonyl (C=O) groups is 2. The molecule has 0 aromatic carbocycles. The maximum atomic E-state index is 12.6. The monoisotopic (exact) mass is 280 g/mol. The highest BCUT2D eigenvalue weighted by Crippen LogP contribution is 2.62. The van der Waals surface area contributed by atoms with Crippen LogP contribution < -0.4 is 0 Å². The standard InChI is InChI=1S/C15H20O5/c16-12-11(1-2-19-12)20-13(17)14-4-9-3-10(5-14)7-15(18,6-9)8-14/h9-11,18H,1-8H2/t9-,10+,11-,14?,15?/m0/s1. The van der Waals surface area contributed by atoms with E-state index in [0.717, 1.165) is 32.1 Å². The molecule has 4 saturated carbocycles. The van der Waals surface area contributed by atoms with Crippen LogP contribution >= 0.6 is 0 Å². The van der Waals surface area contributed by atoms with E-state index in [1.165, 1.54) is 0 Å². The number of esters is 2. The van der Waals surface area contributed by atoms with E-state index < -0.39 is 23.1 Å². The van der Waals surface area contributed by atoms with Gasteiger partial charge in [0.05, 0.1) is 17.6 Å². The molecule has 0 radical (unpaired) electrons. The average molecular weight is 280 g/mol. The molecule has 5 atom stereocenters. The van der Waals surface area contributed by atoms with Crippen molar-refractivity contribution in [2.75, 3.05) is 6.61 Å². The molecule has 1 aliphatic heterocycles. The lowest BCUT2D eigenvalue weighted by Crippen LogP contribution is -2.58. The summed E-state index contributed by atoms with van der Waals surface area (Å²) in [6.45, 7) is 0.332. The average Bonchev–Trinajstić information content (AvgIpc) is 2.71. The van der Waals surface area contributed by atoms with Crippen molar-refractivity contribution in [1.29, 1.82) is 0 Å². The van der Waals surface area contributed by atoms with Gasteiger partial charge in [0.15, 0.2) is 0 Å². The van der Waals surface area contributed by atoms with Crippen LogP contribution in [0.15, 0.2) is 0 Å². The molecule has 1 N–H and O–H groups in total. The minimum absolute atomic E-state index is 0.283. The lowest BCUT2D eigenvalue weighted by molar-refractivity contribution is -0.200. The number of ether oxygens (including phenoxy) is 2. The predicted octanol–water partition coefficient (Wildman–Crippen LogP) is 1.18. The zero-order valence-corrected chi connectivity index (χ0v) is 11.5. The summed E-state index contributed by atoms with van der Waals surface area (Å²) in [5, 5.41) is 10.6. The number of rotatable bonds is 2. The highest BCUT2D eigenvalue weighted by molar-refractivity contribution is 5.83. The Morgan fingerprint density at radius 3 is 2.50 bits per heavy atom. The molecule has 0 amide bonds. The Bertz CT molecular complexity index is 457. The summed E-state index contributed by atoms with van der Waals surface area (Å²) in [6, 6.07) is 0. The molecule has 1 saturated heterocycles. The van der Waals surface area contributed by atoms with E-state index in [-0.39, 0.29) is 5.97 Å². The summed E-state index contributed by atoms with van der Waals surface area (Å²) in [5.74, 6) is 0.157. The first-order chi connectivity index (χ1) is 9.48. The second kappa shape index (κ2) is 3.97. The van der Waals surface area contributed by atoms with Gasteiger partial charge in [-0.05, 0) is 50.4 Å². The third kappa shape index (κ3) is 1.79. The molecule has 1 heterocycles. The normalized spacial score (nSPS) is 49.2. The van der Waals surface area contributed by atoms with E-state index in [9.17, 15) is 14.7 Å². The van der Waals surface area contributed by atoms with E-state index in [0.29, 0.717) is 31.3 Å². The van der Waals surface area contributed by atoms with Crippen LogP contribution in [0.2, 0.25) is 0 Å². The quantitative estimate of drug-likeness (QED) is 0.769. The molecule has 0 spiro atoms. The Morgan fingerprint density at radius 1 is 1.25 bits per heavy atom. The molecule has 5 nitrogen and oxygen atoms in total. The summed E-state index contributed by atoms with van der Waals surface area (Å²) >= 11 is 0. The molecule has 5 aliphatic rings. The van der Waals surface area contributed by atoms with E-state index in [2.05, 4.69) is 0 Å². The highest BCUT2D eigenvalue weighted by Gasteiger charge is 2.61. The van der Waals surface area contributed by atoms with Gasteiger partial charge in [0.25, 0.3) is 0 Å². The molecule has 4 bridgehead atoms. The van der Waals surface area contributed by atoms with Gasteiger partial charge in [-0.3, -0.25) is 4.79 Å². The van der Waals surface area contributed by atoms with E-state index in [1.54, 1.807) is 0 Å². The predicted molar refractivity (Wildman–Crippen MR) is 67.5 cm³/mol. The second-order valence-electron chi connectivity index (χ2n) is 7.32. The van der Waals surface area contributed by atoms with Gasteiger partial charge in [-0.2, -0.15) is 0 Å². The summed E-state index contributed by atoms with van der Waals surface area (Å²) in [4.78, 5) is 24.1. The van der Waals surface area contributed by atoms with Gasteiger partial charge in [-0.15, -0.1) is 0 Å². The van der Waals surface area contributed by atoms with E-state index in [1.807, 2.05) is 0 Å². The fraction of sp³-hybridized carbons (Fsp3) is 0.867. The smallest absolute Gasteiger partial charge is 0.347 e. The molecule has 110 valence electrons. The van der Waals surface area contributed by atoms with Gasteiger partial charge in [-0.1, -0.05) is 0 Å². The Balaban J connectivity index is 1.55. The van der Waals surface area contributed by atoms with Gasteiger partial charge in [-0.25, -0.2) is 4.79 Å². The molecule has 4 aliphatic carbocycles. The topological polar surface area (TPSA) is 72.8 Å². The van der Waals surface area contributed by atoms with Crippen LogP contribution in [0, 0.1) is 17.3 Å². The molecule has 5 rings (SSSR count). The second-order valence-corrected chi connectivity index (χ2v) is 7.32. The number of cyclic esters (lactones) is 1. The zero-order valence-electron chi connectivity index (χ0n) is 11.5. The van der Waals surface area contributed by atoms with Crippen molar-refractivity contribution in [1.82, 2.24) is 0 Å². The first-order valence-electron chi connectivity index (χ1n) is 7.58. The molecule has 0 aromatic heterocycles. The summed E-state index contributed by atoms with van der Waals surface area (Å²) in [6.07, 6.45) is 4.63. The molecule has 5 fully saturated rings. The van der Waals surface area contributed by atoms with Crippen LogP contribution in [0.4, 0.5) is 0 Å². The summed E-state index contributed by atoms with van der Waals surface area (Å²) < 4.78 is 10.3. The van der Waals surface area contributed by atoms with Gasteiger partial charge in [0, 0.05) is 6.42 Å². The number of hydrogen-bond acceptors (Lipinski definition) is 5. The molecule has 5 heteroatoms. The van der Waals surface area contributed by atoms with Crippen molar-refractivity contribution < 1.29 is 24.2 Å². The minimum atomic E-state index is -0.731. The first-order valence-corrected chi connectivity index (χ1v) is 7.58. The maximum absolute atomic E-state index is 12.6.